The number of fused-ring (bicyclic) bond motifs is 1. The Bertz CT molecular complexity index is 708. The highest BCUT2D eigenvalue weighted by Gasteiger charge is 2.16. The van der Waals surface area contributed by atoms with Crippen molar-refractivity contribution >= 4 is 32.8 Å². The molecule has 1 atom stereocenters. The average molecular weight is 301 g/mol. The van der Waals surface area contributed by atoms with Crippen LogP contribution in [0.15, 0.2) is 41.8 Å². The molecule has 0 fully saturated rings. The fourth-order valence-electron chi connectivity index (χ4n) is 2.60. The quantitative estimate of drug-likeness (QED) is 0.666. The summed E-state index contributed by atoms with van der Waals surface area (Å²) in [7, 11) is 2.04. The molecule has 1 nitrogen and oxygen atoms in total. The van der Waals surface area contributed by atoms with Gasteiger partial charge in [-0.1, -0.05) is 19.9 Å². The van der Waals surface area contributed by atoms with Gasteiger partial charge in [0, 0.05) is 20.5 Å². The van der Waals surface area contributed by atoms with Crippen molar-refractivity contribution in [2.24, 2.45) is 5.92 Å². The van der Waals surface area contributed by atoms with Crippen LogP contribution in [0.25, 0.3) is 20.5 Å². The minimum absolute atomic E-state index is 0.443. The highest BCUT2D eigenvalue weighted by atomic mass is 32.1. The van der Waals surface area contributed by atoms with Gasteiger partial charge in [-0.15, -0.1) is 22.7 Å². The second-order valence-corrected chi connectivity index (χ2v) is 7.45. The van der Waals surface area contributed by atoms with Crippen molar-refractivity contribution in [3.63, 3.8) is 0 Å². The van der Waals surface area contributed by atoms with Gasteiger partial charge < -0.3 is 5.32 Å². The van der Waals surface area contributed by atoms with E-state index in [4.69, 9.17) is 0 Å². The number of hydrogen-bond donors (Lipinski definition) is 1. The summed E-state index contributed by atoms with van der Waals surface area (Å²) in [5, 5.41) is 6.92. The highest BCUT2D eigenvalue weighted by molar-refractivity contribution is 7.17. The molecular weight excluding hydrogens is 282 g/mol. The van der Waals surface area contributed by atoms with E-state index >= 15 is 0 Å². The largest absolute Gasteiger partial charge is 0.312 e. The molecule has 0 bridgehead atoms. The predicted molar refractivity (Wildman–Crippen MR) is 91.8 cm³/mol. The maximum absolute atomic E-state index is 3.42. The molecule has 3 rings (SSSR count). The predicted octanol–water partition coefficient (Wildman–Crippen LogP) is 5.55. The van der Waals surface area contributed by atoms with Crippen molar-refractivity contribution < 1.29 is 0 Å². The maximum Gasteiger partial charge on any atom is 0.0435 e. The molecule has 1 aromatic carbocycles. The normalized spacial score (nSPS) is 13.2. The summed E-state index contributed by atoms with van der Waals surface area (Å²) in [5.41, 5.74) is 1.32. The van der Waals surface area contributed by atoms with Gasteiger partial charge in [-0.25, -0.2) is 0 Å². The number of hydrogen-bond acceptors (Lipinski definition) is 3. The van der Waals surface area contributed by atoms with Crippen molar-refractivity contribution in [3.8, 4) is 10.4 Å². The van der Waals surface area contributed by atoms with Crippen LogP contribution in [0.2, 0.25) is 0 Å². The van der Waals surface area contributed by atoms with Crippen LogP contribution >= 0.6 is 22.7 Å². The van der Waals surface area contributed by atoms with Gasteiger partial charge in [-0.3, -0.25) is 0 Å². The van der Waals surface area contributed by atoms with Crippen molar-refractivity contribution in [1.82, 2.24) is 5.32 Å². The summed E-state index contributed by atoms with van der Waals surface area (Å²) in [6, 6.07) is 13.9. The Morgan fingerprint density at radius 1 is 1.05 bits per heavy atom. The van der Waals surface area contributed by atoms with Crippen LogP contribution < -0.4 is 5.32 Å². The van der Waals surface area contributed by atoms with E-state index in [0.717, 1.165) is 0 Å². The minimum atomic E-state index is 0.443. The van der Waals surface area contributed by atoms with Crippen LogP contribution in [-0.2, 0) is 0 Å². The number of rotatable bonds is 4. The smallest absolute Gasteiger partial charge is 0.0435 e. The molecule has 0 aliphatic carbocycles. The van der Waals surface area contributed by atoms with Gasteiger partial charge in [0.2, 0.25) is 0 Å². The molecule has 2 heterocycles. The summed E-state index contributed by atoms with van der Waals surface area (Å²) >= 11 is 3.70. The van der Waals surface area contributed by atoms with Gasteiger partial charge in [0.05, 0.1) is 0 Å². The number of benzene rings is 1. The topological polar surface area (TPSA) is 12.0 Å². The lowest BCUT2D eigenvalue weighted by atomic mass is 10.0. The molecule has 104 valence electrons. The lowest BCUT2D eigenvalue weighted by Gasteiger charge is -2.18. The van der Waals surface area contributed by atoms with Gasteiger partial charge in [-0.2, -0.15) is 0 Å². The van der Waals surface area contributed by atoms with E-state index in [1.165, 1.54) is 25.4 Å². The van der Waals surface area contributed by atoms with E-state index in [1.807, 2.05) is 18.4 Å². The molecule has 0 saturated heterocycles. The van der Waals surface area contributed by atoms with Crippen molar-refractivity contribution in [3.05, 3.63) is 46.7 Å². The van der Waals surface area contributed by atoms with Crippen LogP contribution in [0, 0.1) is 5.92 Å². The van der Waals surface area contributed by atoms with E-state index in [0.29, 0.717) is 12.0 Å². The number of thiophene rings is 2. The van der Waals surface area contributed by atoms with Crippen molar-refractivity contribution in [1.29, 1.82) is 0 Å². The Hall–Kier alpha value is -1.16. The standard InChI is InChI=1S/C17H19NS2/c1-11(2)17(18-3)16-7-6-15(20-16)12-4-5-14-13(10-12)8-9-19-14/h4-11,17-18H,1-3H3. The van der Waals surface area contributed by atoms with E-state index in [-0.39, 0.29) is 0 Å². The van der Waals surface area contributed by atoms with Crippen LogP contribution in [0.5, 0.6) is 0 Å². The molecule has 0 spiro atoms. The van der Waals surface area contributed by atoms with Gasteiger partial charge in [0.15, 0.2) is 0 Å². The zero-order chi connectivity index (χ0) is 14.1. The van der Waals surface area contributed by atoms with Crippen molar-refractivity contribution in [2.75, 3.05) is 7.05 Å². The third-order valence-electron chi connectivity index (χ3n) is 3.65. The third kappa shape index (κ3) is 2.53. The molecule has 1 unspecified atom stereocenters. The van der Waals surface area contributed by atoms with Gasteiger partial charge >= 0.3 is 0 Å². The first-order valence-electron chi connectivity index (χ1n) is 6.93. The fourth-order valence-corrected chi connectivity index (χ4v) is 4.66. The lowest BCUT2D eigenvalue weighted by Crippen LogP contribution is -2.20. The fraction of sp³-hybridized carbons (Fsp3) is 0.294. The molecular formula is C17H19NS2. The first-order valence-corrected chi connectivity index (χ1v) is 8.63. The molecule has 3 aromatic rings. The summed E-state index contributed by atoms with van der Waals surface area (Å²) in [6.45, 7) is 4.52. The van der Waals surface area contributed by atoms with Crippen LogP contribution in [0.3, 0.4) is 0 Å². The lowest BCUT2D eigenvalue weighted by molar-refractivity contribution is 0.449. The Balaban J connectivity index is 1.96. The number of nitrogens with one attached hydrogen (secondary N) is 1. The van der Waals surface area contributed by atoms with Crippen LogP contribution in [-0.4, -0.2) is 7.05 Å². The summed E-state index contributed by atoms with van der Waals surface area (Å²) in [6.07, 6.45) is 0. The Labute approximate surface area is 128 Å². The van der Waals surface area contributed by atoms with E-state index in [9.17, 15) is 0 Å². The summed E-state index contributed by atoms with van der Waals surface area (Å²) in [5.74, 6) is 0.603. The third-order valence-corrected chi connectivity index (χ3v) is 5.76. The highest BCUT2D eigenvalue weighted by Crippen LogP contribution is 2.35. The first-order chi connectivity index (χ1) is 9.69. The molecule has 0 radical (unpaired) electrons. The Morgan fingerprint density at radius 2 is 1.90 bits per heavy atom. The van der Waals surface area contributed by atoms with Crippen molar-refractivity contribution in [2.45, 2.75) is 19.9 Å². The van der Waals surface area contributed by atoms with E-state index in [2.05, 4.69) is 60.9 Å². The molecule has 0 aliphatic rings. The first kappa shape index (κ1) is 13.8. The SMILES string of the molecule is CNC(c1ccc(-c2ccc3sccc3c2)s1)C(C)C. The molecule has 0 saturated carbocycles. The molecule has 1 N–H and O–H groups in total. The molecule has 0 aliphatic heterocycles. The zero-order valence-electron chi connectivity index (χ0n) is 12.0. The summed E-state index contributed by atoms with van der Waals surface area (Å²) in [4.78, 5) is 2.77. The van der Waals surface area contributed by atoms with Crippen LogP contribution in [0.1, 0.15) is 24.8 Å². The molecule has 2 aromatic heterocycles. The monoisotopic (exact) mass is 301 g/mol. The van der Waals surface area contributed by atoms with Gasteiger partial charge in [-0.05, 0) is 59.6 Å². The molecule has 3 heteroatoms. The van der Waals surface area contributed by atoms with E-state index in [1.54, 1.807) is 11.3 Å². The van der Waals surface area contributed by atoms with E-state index < -0.39 is 0 Å². The molecule has 20 heavy (non-hydrogen) atoms. The van der Waals surface area contributed by atoms with Gasteiger partial charge in [0.25, 0.3) is 0 Å². The maximum atomic E-state index is 3.42. The molecule has 0 amide bonds. The summed E-state index contributed by atoms with van der Waals surface area (Å²) < 4.78 is 1.36. The zero-order valence-corrected chi connectivity index (χ0v) is 13.6. The Morgan fingerprint density at radius 3 is 2.65 bits per heavy atom. The van der Waals surface area contributed by atoms with Crippen LogP contribution in [0.4, 0.5) is 0 Å². The Kier molecular flexibility index (Phi) is 3.92. The van der Waals surface area contributed by atoms with Gasteiger partial charge in [0.1, 0.15) is 0 Å². The minimum Gasteiger partial charge on any atom is -0.312 e. The second-order valence-electron chi connectivity index (χ2n) is 5.39. The second kappa shape index (κ2) is 5.68. The average Bonchev–Trinajstić information content (AvgIpc) is 3.06.